The number of aromatic nitrogens is 1. The van der Waals surface area contributed by atoms with Gasteiger partial charge in [0.1, 0.15) is 19.1 Å². The number of hydrogen-bond acceptors (Lipinski definition) is 10. The number of hydrogen-bond donors (Lipinski definition) is 6. The summed E-state index contributed by atoms with van der Waals surface area (Å²) in [6.07, 6.45) is -3.11. The largest absolute Gasteiger partial charge is 0.480 e. The first-order valence-corrected chi connectivity index (χ1v) is 13.4. The Kier molecular flexibility index (Phi) is 10.4. The molecule has 0 radical (unpaired) electrons. The van der Waals surface area contributed by atoms with E-state index in [-0.39, 0.29) is 32.0 Å². The fourth-order valence-electron chi connectivity index (χ4n) is 4.54. The second-order valence-corrected chi connectivity index (χ2v) is 11.5. The van der Waals surface area contributed by atoms with E-state index in [0.29, 0.717) is 0 Å². The van der Waals surface area contributed by atoms with Crippen molar-refractivity contribution in [2.24, 2.45) is 5.41 Å². The first-order chi connectivity index (χ1) is 17.9. The summed E-state index contributed by atoms with van der Waals surface area (Å²) in [4.78, 5) is 30.7. The lowest BCUT2D eigenvalue weighted by molar-refractivity contribution is -0.144. The lowest BCUT2D eigenvalue weighted by atomic mass is 9.84. The number of aliphatic hydroxyl groups is 3. The zero-order chi connectivity index (χ0) is 28.0. The van der Waals surface area contributed by atoms with Crippen molar-refractivity contribution in [2.75, 3.05) is 19.8 Å². The molecule has 11 nitrogen and oxygen atoms in total. The number of amides is 1. The van der Waals surface area contributed by atoms with Gasteiger partial charge in [0.25, 0.3) is 0 Å². The zero-order valence-corrected chi connectivity index (χ0v) is 22.9. The predicted octanol–water partition coefficient (Wildman–Crippen LogP) is 0.912. The number of thiazole rings is 1. The number of carboxylic acid groups (broad SMARTS) is 1. The van der Waals surface area contributed by atoms with Crippen molar-refractivity contribution in [3.05, 3.63) is 41.0 Å². The first kappa shape index (κ1) is 30.1. The predicted molar refractivity (Wildman–Crippen MR) is 142 cm³/mol. The van der Waals surface area contributed by atoms with Gasteiger partial charge in [0.2, 0.25) is 5.91 Å². The Hall–Kier alpha value is -2.45. The van der Waals surface area contributed by atoms with Gasteiger partial charge in [0.05, 0.1) is 40.9 Å². The number of carboxylic acids is 1. The molecule has 3 rings (SSSR count). The number of aryl methyl sites for hydroxylation is 1. The van der Waals surface area contributed by atoms with E-state index in [2.05, 4.69) is 15.6 Å². The minimum absolute atomic E-state index is 0.0853. The Bertz CT molecular complexity index is 1070. The number of benzene rings is 1. The molecule has 1 aliphatic heterocycles. The monoisotopic (exact) mass is 550 g/mol. The number of carbonyl (C=O) groups excluding carboxylic acids is 1. The van der Waals surface area contributed by atoms with Gasteiger partial charge >= 0.3 is 5.97 Å². The van der Waals surface area contributed by atoms with Gasteiger partial charge in [-0.15, -0.1) is 11.3 Å². The summed E-state index contributed by atoms with van der Waals surface area (Å²) in [6, 6.07) is 6.36. The Morgan fingerprint density at radius 1 is 1.24 bits per heavy atom. The van der Waals surface area contributed by atoms with E-state index in [0.717, 1.165) is 21.7 Å². The van der Waals surface area contributed by atoms with Crippen LogP contribution in [0.3, 0.4) is 0 Å². The van der Waals surface area contributed by atoms with E-state index in [1.165, 1.54) is 4.90 Å². The van der Waals surface area contributed by atoms with E-state index in [4.69, 9.17) is 9.84 Å². The van der Waals surface area contributed by atoms with E-state index in [1.54, 1.807) is 11.3 Å². The molecular formula is C26H38N4O7S. The lowest BCUT2D eigenvalue weighted by Gasteiger charge is -2.41. The zero-order valence-electron chi connectivity index (χ0n) is 22.1. The van der Waals surface area contributed by atoms with Crippen molar-refractivity contribution >= 4 is 23.2 Å². The van der Waals surface area contributed by atoms with Crippen LogP contribution in [-0.4, -0.2) is 92.6 Å². The molecule has 6 N–H and O–H groups in total. The van der Waals surface area contributed by atoms with E-state index in [9.17, 15) is 24.9 Å². The normalized spacial score (nSPS) is 20.7. The number of nitrogens with one attached hydrogen (secondary N) is 2. The Morgan fingerprint density at radius 3 is 2.50 bits per heavy atom. The standard InChI is InChI=1S/C26H38N4O7S/c1-15-22(38-14-28-15)17-7-5-16(6-8-17)10-27-24(35)19-9-18(31)11-30(19)25(36)23(26(2,3)4)29-20(32)12-37-13-21(33)34/h5-8,14,18-20,23,25,29,31-32,36H,9-13H2,1-4H3,(H,27,35)(H,33,34)/t18-,19+,20?,23-,25+/m1/s1. The molecule has 12 heteroatoms. The van der Waals surface area contributed by atoms with Crippen molar-refractivity contribution in [1.29, 1.82) is 0 Å². The molecule has 0 bridgehead atoms. The molecule has 1 amide bonds. The van der Waals surface area contributed by atoms with Crippen LogP contribution < -0.4 is 10.6 Å². The molecule has 5 atom stereocenters. The van der Waals surface area contributed by atoms with Crippen molar-refractivity contribution < 1.29 is 34.8 Å². The summed E-state index contributed by atoms with van der Waals surface area (Å²) < 4.78 is 4.95. The smallest absolute Gasteiger partial charge is 0.329 e. The molecule has 1 unspecified atom stereocenters. The van der Waals surface area contributed by atoms with E-state index in [1.807, 2.05) is 57.5 Å². The number of nitrogens with zero attached hydrogens (tertiary/aromatic N) is 2. The van der Waals surface area contributed by atoms with Crippen LogP contribution in [-0.2, 0) is 20.9 Å². The van der Waals surface area contributed by atoms with E-state index < -0.39 is 48.6 Å². The molecule has 0 aliphatic carbocycles. The van der Waals surface area contributed by atoms with Gasteiger partial charge in [-0.3, -0.25) is 15.0 Å². The Labute approximate surface area is 226 Å². The average molecular weight is 551 g/mol. The highest BCUT2D eigenvalue weighted by Gasteiger charge is 2.44. The van der Waals surface area contributed by atoms with Crippen molar-refractivity contribution in [1.82, 2.24) is 20.5 Å². The molecule has 1 saturated heterocycles. The Balaban J connectivity index is 1.63. The number of β-amino-alcohol motifs (C(OH)–C–C–N with tert-alkyl or cyclic N) is 1. The topological polar surface area (TPSA) is 164 Å². The highest BCUT2D eigenvalue weighted by atomic mass is 32.1. The van der Waals surface area contributed by atoms with E-state index >= 15 is 0 Å². The molecule has 2 heterocycles. The van der Waals surface area contributed by atoms with Gasteiger partial charge < -0.3 is 30.5 Å². The minimum Gasteiger partial charge on any atom is -0.480 e. The molecule has 0 saturated carbocycles. The van der Waals surface area contributed by atoms with Gasteiger partial charge in [0.15, 0.2) is 0 Å². The van der Waals surface area contributed by atoms with Crippen molar-refractivity contribution in [3.8, 4) is 10.4 Å². The van der Waals surface area contributed by atoms with Crippen molar-refractivity contribution in [3.63, 3.8) is 0 Å². The number of likely N-dealkylation sites (tertiary alicyclic amines) is 1. The second kappa shape index (κ2) is 13.1. The summed E-state index contributed by atoms with van der Waals surface area (Å²) in [5.74, 6) is -1.48. The number of rotatable bonds is 12. The number of aliphatic carboxylic acids is 1. The van der Waals surface area contributed by atoms with Crippen LogP contribution in [0.25, 0.3) is 10.4 Å². The SMILES string of the molecule is Cc1ncsc1-c1ccc(CNC(=O)[C@@H]2C[C@@H](O)CN2[C@@H](O)[C@@H](NC(O)COCC(=O)O)C(C)(C)C)cc1. The van der Waals surface area contributed by atoms with Crippen LogP contribution in [0.2, 0.25) is 0 Å². The van der Waals surface area contributed by atoms with Crippen LogP contribution in [0.15, 0.2) is 29.8 Å². The highest BCUT2D eigenvalue weighted by Crippen LogP contribution is 2.30. The summed E-state index contributed by atoms with van der Waals surface area (Å²) in [6.45, 7) is 7.06. The molecule has 1 aromatic heterocycles. The quantitative estimate of drug-likeness (QED) is 0.209. The van der Waals surface area contributed by atoms with Crippen LogP contribution in [0.5, 0.6) is 0 Å². The van der Waals surface area contributed by atoms with Crippen LogP contribution in [0, 0.1) is 12.3 Å². The average Bonchev–Trinajstić information content (AvgIpc) is 3.45. The summed E-state index contributed by atoms with van der Waals surface area (Å²) in [5, 5.41) is 46.5. The maximum absolute atomic E-state index is 13.2. The summed E-state index contributed by atoms with van der Waals surface area (Å²) in [7, 11) is 0. The fraction of sp³-hybridized carbons (Fsp3) is 0.577. The third-order valence-electron chi connectivity index (χ3n) is 6.49. The fourth-order valence-corrected chi connectivity index (χ4v) is 5.35. The van der Waals surface area contributed by atoms with Crippen LogP contribution >= 0.6 is 11.3 Å². The van der Waals surface area contributed by atoms with Crippen LogP contribution in [0.4, 0.5) is 0 Å². The van der Waals surface area contributed by atoms with Gasteiger partial charge in [0, 0.05) is 13.1 Å². The molecule has 1 aliphatic rings. The molecule has 1 fully saturated rings. The molecule has 2 aromatic rings. The first-order valence-electron chi connectivity index (χ1n) is 12.5. The summed E-state index contributed by atoms with van der Waals surface area (Å²) in [5.41, 5.74) is 4.18. The number of ether oxygens (including phenoxy) is 1. The van der Waals surface area contributed by atoms with Gasteiger partial charge in [-0.25, -0.2) is 9.78 Å². The number of aliphatic hydroxyl groups excluding tert-OH is 3. The second-order valence-electron chi connectivity index (χ2n) is 10.6. The molecule has 38 heavy (non-hydrogen) atoms. The highest BCUT2D eigenvalue weighted by molar-refractivity contribution is 7.13. The molecular weight excluding hydrogens is 512 g/mol. The Morgan fingerprint density at radius 2 is 1.92 bits per heavy atom. The number of carbonyl (C=O) groups is 2. The van der Waals surface area contributed by atoms with Gasteiger partial charge in [-0.1, -0.05) is 45.0 Å². The summed E-state index contributed by atoms with van der Waals surface area (Å²) >= 11 is 1.57. The maximum atomic E-state index is 13.2. The third-order valence-corrected chi connectivity index (χ3v) is 7.47. The molecule has 1 aromatic carbocycles. The molecule has 210 valence electrons. The van der Waals surface area contributed by atoms with Gasteiger partial charge in [-0.05, 0) is 29.9 Å². The van der Waals surface area contributed by atoms with Gasteiger partial charge in [-0.2, -0.15) is 0 Å². The third kappa shape index (κ3) is 8.03. The minimum atomic E-state index is -1.25. The van der Waals surface area contributed by atoms with Crippen LogP contribution in [0.1, 0.15) is 38.4 Å². The maximum Gasteiger partial charge on any atom is 0.329 e. The molecule has 0 spiro atoms. The lowest BCUT2D eigenvalue weighted by Crippen LogP contribution is -2.61. The van der Waals surface area contributed by atoms with Crippen molar-refractivity contribution in [2.45, 2.75) is 71.3 Å².